The van der Waals surface area contributed by atoms with Gasteiger partial charge < -0.3 is 10.6 Å². The van der Waals surface area contributed by atoms with Crippen molar-refractivity contribution in [1.29, 1.82) is 0 Å². The number of fused-ring (bicyclic) bond motifs is 2. The van der Waals surface area contributed by atoms with Crippen molar-refractivity contribution in [3.8, 4) is 0 Å². The van der Waals surface area contributed by atoms with Crippen molar-refractivity contribution in [3.63, 3.8) is 0 Å². The molecule has 0 unspecified atom stereocenters. The maximum Gasteiger partial charge on any atom is 0.258 e. The fourth-order valence-electron chi connectivity index (χ4n) is 4.23. The van der Waals surface area contributed by atoms with Crippen LogP contribution in [0.15, 0.2) is 48.5 Å². The van der Waals surface area contributed by atoms with Crippen molar-refractivity contribution in [3.05, 3.63) is 65.2 Å². The summed E-state index contributed by atoms with van der Waals surface area (Å²) in [5.41, 5.74) is 10.1. The van der Waals surface area contributed by atoms with Crippen LogP contribution in [0.3, 0.4) is 0 Å². The van der Waals surface area contributed by atoms with Crippen LogP contribution < -0.4 is 10.6 Å². The zero-order valence-corrected chi connectivity index (χ0v) is 13.3. The Morgan fingerprint density at radius 3 is 2.43 bits per heavy atom. The number of amides is 1. The first-order chi connectivity index (χ1) is 11.2. The van der Waals surface area contributed by atoms with Gasteiger partial charge >= 0.3 is 0 Å². The summed E-state index contributed by atoms with van der Waals surface area (Å²) in [6.45, 7) is 1.33. The zero-order valence-electron chi connectivity index (χ0n) is 13.3. The number of para-hydroxylation sites is 1. The molecule has 2 aromatic carbocycles. The highest BCUT2D eigenvalue weighted by Crippen LogP contribution is 2.50. The van der Waals surface area contributed by atoms with Crippen molar-refractivity contribution in [2.45, 2.75) is 37.6 Å². The zero-order chi connectivity index (χ0) is 15.9. The van der Waals surface area contributed by atoms with Crippen LogP contribution in [0.2, 0.25) is 0 Å². The summed E-state index contributed by atoms with van der Waals surface area (Å²) in [4.78, 5) is 15.0. The van der Waals surface area contributed by atoms with Gasteiger partial charge in [0.25, 0.3) is 5.91 Å². The van der Waals surface area contributed by atoms with Gasteiger partial charge in [0.15, 0.2) is 0 Å². The smallest absolute Gasteiger partial charge is 0.258 e. The first-order valence-electron chi connectivity index (χ1n) is 8.44. The number of carbonyl (C=O) groups is 1. The van der Waals surface area contributed by atoms with Crippen molar-refractivity contribution < 1.29 is 4.79 Å². The van der Waals surface area contributed by atoms with Crippen molar-refractivity contribution in [2.75, 3.05) is 11.4 Å². The molecule has 1 saturated carbocycles. The van der Waals surface area contributed by atoms with Gasteiger partial charge in [-0.1, -0.05) is 43.2 Å². The second-order valence-electron chi connectivity index (χ2n) is 6.80. The Morgan fingerprint density at radius 1 is 1.04 bits per heavy atom. The van der Waals surface area contributed by atoms with E-state index in [1.54, 1.807) is 0 Å². The van der Waals surface area contributed by atoms with Crippen molar-refractivity contribution >= 4 is 11.6 Å². The molecule has 3 heteroatoms. The van der Waals surface area contributed by atoms with E-state index in [-0.39, 0.29) is 11.3 Å². The molecule has 0 bridgehead atoms. The van der Waals surface area contributed by atoms with Crippen LogP contribution in [-0.4, -0.2) is 12.5 Å². The second-order valence-corrected chi connectivity index (χ2v) is 6.80. The Labute approximate surface area is 137 Å². The maximum atomic E-state index is 13.0. The molecular weight excluding hydrogens is 284 g/mol. The molecule has 2 aliphatic rings. The molecule has 0 atom stereocenters. The van der Waals surface area contributed by atoms with Gasteiger partial charge in [0.1, 0.15) is 0 Å². The normalized spacial score (nSPS) is 18.4. The van der Waals surface area contributed by atoms with Gasteiger partial charge in [-0.25, -0.2) is 0 Å². The van der Waals surface area contributed by atoms with Crippen LogP contribution in [0.1, 0.15) is 47.2 Å². The molecule has 1 spiro atoms. The lowest BCUT2D eigenvalue weighted by molar-refractivity contribution is 0.0985. The van der Waals surface area contributed by atoms with E-state index in [2.05, 4.69) is 18.2 Å². The summed E-state index contributed by atoms with van der Waals surface area (Å²) in [6, 6.07) is 16.1. The fraction of sp³-hybridized carbons (Fsp3) is 0.350. The summed E-state index contributed by atoms with van der Waals surface area (Å²) in [7, 11) is 0. The van der Waals surface area contributed by atoms with E-state index in [1.165, 1.54) is 31.2 Å². The van der Waals surface area contributed by atoms with Crippen molar-refractivity contribution in [1.82, 2.24) is 0 Å². The summed E-state index contributed by atoms with van der Waals surface area (Å²) in [6.07, 6.45) is 4.92. The number of carbonyl (C=O) groups excluding carboxylic acids is 1. The molecule has 3 nitrogen and oxygen atoms in total. The maximum absolute atomic E-state index is 13.0. The van der Waals surface area contributed by atoms with Gasteiger partial charge in [-0.3, -0.25) is 4.79 Å². The molecule has 2 N–H and O–H groups in total. The first-order valence-corrected chi connectivity index (χ1v) is 8.44. The van der Waals surface area contributed by atoms with Gasteiger partial charge in [0.2, 0.25) is 0 Å². The number of hydrogen-bond donors (Lipinski definition) is 1. The molecule has 4 rings (SSSR count). The summed E-state index contributed by atoms with van der Waals surface area (Å²) in [5, 5.41) is 0. The quantitative estimate of drug-likeness (QED) is 0.921. The van der Waals surface area contributed by atoms with Crippen LogP contribution in [-0.2, 0) is 12.0 Å². The minimum Gasteiger partial charge on any atom is -0.326 e. The van der Waals surface area contributed by atoms with Crippen LogP contribution in [0, 0.1) is 0 Å². The Morgan fingerprint density at radius 2 is 1.74 bits per heavy atom. The molecule has 0 radical (unpaired) electrons. The number of rotatable bonds is 2. The third-order valence-electron chi connectivity index (χ3n) is 5.47. The first kappa shape index (κ1) is 14.5. The lowest BCUT2D eigenvalue weighted by Crippen LogP contribution is -2.35. The predicted octanol–water partition coefficient (Wildman–Crippen LogP) is 3.62. The molecule has 0 aromatic heterocycles. The minimum atomic E-state index is 0.102. The second kappa shape index (κ2) is 5.50. The Balaban J connectivity index is 1.70. The summed E-state index contributed by atoms with van der Waals surface area (Å²) < 4.78 is 0. The molecule has 1 aliphatic carbocycles. The number of benzene rings is 2. The molecule has 1 amide bonds. The van der Waals surface area contributed by atoms with E-state index in [9.17, 15) is 4.79 Å². The van der Waals surface area contributed by atoms with Gasteiger partial charge in [-0.05, 0) is 42.2 Å². The average Bonchev–Trinajstić information content (AvgIpc) is 3.21. The van der Waals surface area contributed by atoms with Gasteiger partial charge in [-0.15, -0.1) is 0 Å². The Hall–Kier alpha value is -2.13. The third kappa shape index (κ3) is 2.27. The van der Waals surface area contributed by atoms with Crippen LogP contribution >= 0.6 is 0 Å². The predicted molar refractivity (Wildman–Crippen MR) is 92.6 cm³/mol. The highest BCUT2D eigenvalue weighted by Gasteiger charge is 2.46. The van der Waals surface area contributed by atoms with Crippen LogP contribution in [0.5, 0.6) is 0 Å². The van der Waals surface area contributed by atoms with E-state index < -0.39 is 0 Å². The summed E-state index contributed by atoms with van der Waals surface area (Å²) in [5.74, 6) is 0.102. The topological polar surface area (TPSA) is 46.3 Å². The molecule has 118 valence electrons. The molecule has 1 heterocycles. The third-order valence-corrected chi connectivity index (χ3v) is 5.47. The highest BCUT2D eigenvalue weighted by atomic mass is 16.2. The van der Waals surface area contributed by atoms with E-state index in [0.29, 0.717) is 6.54 Å². The van der Waals surface area contributed by atoms with Crippen LogP contribution in [0.25, 0.3) is 0 Å². The van der Waals surface area contributed by atoms with Gasteiger partial charge in [-0.2, -0.15) is 0 Å². The van der Waals surface area contributed by atoms with Crippen molar-refractivity contribution in [2.24, 2.45) is 5.73 Å². The highest BCUT2D eigenvalue weighted by molar-refractivity contribution is 6.07. The number of anilines is 1. The lowest BCUT2D eigenvalue weighted by atomic mass is 9.81. The molecule has 1 aliphatic heterocycles. The average molecular weight is 306 g/mol. The molecule has 0 saturated heterocycles. The minimum absolute atomic E-state index is 0.102. The number of nitrogens with zero attached hydrogens (tertiary/aromatic N) is 1. The standard InChI is InChI=1S/C20H22N2O/c21-13-15-7-9-16(10-8-15)19(23)22-14-20(11-3-4-12-20)17-5-1-2-6-18(17)22/h1-2,5-10H,3-4,11-14,21H2. The molecule has 2 aromatic rings. The SMILES string of the molecule is NCc1ccc(C(=O)N2CC3(CCCC3)c3ccccc32)cc1. The summed E-state index contributed by atoms with van der Waals surface area (Å²) >= 11 is 0. The largest absolute Gasteiger partial charge is 0.326 e. The Bertz CT molecular complexity index is 730. The van der Waals surface area contributed by atoms with E-state index in [1.807, 2.05) is 35.2 Å². The Kier molecular flexibility index (Phi) is 3.46. The molecular formula is C20H22N2O. The lowest BCUT2D eigenvalue weighted by Gasteiger charge is -2.24. The number of hydrogen-bond acceptors (Lipinski definition) is 2. The van der Waals surface area contributed by atoms with E-state index >= 15 is 0 Å². The van der Waals surface area contributed by atoms with Gasteiger partial charge in [0, 0.05) is 29.8 Å². The number of nitrogens with two attached hydrogens (primary N) is 1. The van der Waals surface area contributed by atoms with Crippen LogP contribution in [0.4, 0.5) is 5.69 Å². The molecule has 23 heavy (non-hydrogen) atoms. The van der Waals surface area contributed by atoms with E-state index in [4.69, 9.17) is 5.73 Å². The fourth-order valence-corrected chi connectivity index (χ4v) is 4.23. The van der Waals surface area contributed by atoms with Gasteiger partial charge in [0.05, 0.1) is 0 Å². The monoisotopic (exact) mass is 306 g/mol. The molecule has 1 fully saturated rings. The van der Waals surface area contributed by atoms with E-state index in [0.717, 1.165) is 23.4 Å².